The zero-order chi connectivity index (χ0) is 16.8. The number of hydrogen-bond donors (Lipinski definition) is 2. The molecule has 0 saturated heterocycles. The molecule has 0 aliphatic carbocycles. The van der Waals surface area contributed by atoms with Crippen LogP contribution in [-0.2, 0) is 6.61 Å². The van der Waals surface area contributed by atoms with E-state index in [0.717, 1.165) is 0 Å². The number of H-pyrrole nitrogens is 1. The number of halogens is 1. The van der Waals surface area contributed by atoms with Gasteiger partial charge < -0.3 is 14.5 Å². The molecule has 0 fully saturated rings. The van der Waals surface area contributed by atoms with Crippen LogP contribution in [0, 0.1) is 17.1 Å². The average molecular weight is 326 g/mol. The van der Waals surface area contributed by atoms with Gasteiger partial charge in [-0.2, -0.15) is 10.5 Å². The zero-order valence-electron chi connectivity index (χ0n) is 12.2. The molecular weight excluding hydrogens is 315 g/mol. The molecule has 3 aromatic rings. The maximum Gasteiger partial charge on any atom is 0.216 e. The first-order chi connectivity index (χ1) is 11.8. The van der Waals surface area contributed by atoms with Crippen LogP contribution in [0.2, 0.25) is 0 Å². The molecule has 0 radical (unpaired) electrons. The fraction of sp³-hybridized carbons (Fsp3) is 0.0667. The molecule has 24 heavy (non-hydrogen) atoms. The summed E-state index contributed by atoms with van der Waals surface area (Å²) in [5.41, 5.74) is 0.594. The van der Waals surface area contributed by atoms with Crippen LogP contribution in [0.15, 0.2) is 47.2 Å². The summed E-state index contributed by atoms with van der Waals surface area (Å²) in [6, 6.07) is 9.73. The Labute approximate surface area is 135 Å². The molecule has 8 nitrogen and oxygen atoms in total. The molecular formula is C15H11FN6O2. The molecule has 0 aliphatic rings. The summed E-state index contributed by atoms with van der Waals surface area (Å²) >= 11 is 0. The molecule has 2 heterocycles. The van der Waals surface area contributed by atoms with Gasteiger partial charge in [0.25, 0.3) is 0 Å². The van der Waals surface area contributed by atoms with Gasteiger partial charge in [0.1, 0.15) is 24.0 Å². The second kappa shape index (κ2) is 7.06. The van der Waals surface area contributed by atoms with Crippen LogP contribution >= 0.6 is 0 Å². The van der Waals surface area contributed by atoms with Gasteiger partial charge in [-0.05, 0) is 29.5 Å². The highest BCUT2D eigenvalue weighted by molar-refractivity contribution is 5.74. The van der Waals surface area contributed by atoms with Gasteiger partial charge in [-0.1, -0.05) is 0 Å². The second-order valence-corrected chi connectivity index (χ2v) is 4.56. The van der Waals surface area contributed by atoms with Crippen molar-refractivity contribution in [1.29, 1.82) is 5.26 Å². The zero-order valence-corrected chi connectivity index (χ0v) is 12.2. The summed E-state index contributed by atoms with van der Waals surface area (Å²) in [7, 11) is 0. The van der Waals surface area contributed by atoms with E-state index < -0.39 is 5.82 Å². The van der Waals surface area contributed by atoms with Gasteiger partial charge in [0.2, 0.25) is 5.82 Å². The van der Waals surface area contributed by atoms with Gasteiger partial charge in [0.15, 0.2) is 11.6 Å². The van der Waals surface area contributed by atoms with Gasteiger partial charge in [0.05, 0.1) is 6.26 Å². The van der Waals surface area contributed by atoms with E-state index in [1.807, 2.05) is 6.07 Å². The maximum atomic E-state index is 14.0. The maximum absolute atomic E-state index is 14.0. The average Bonchev–Trinajstić information content (AvgIpc) is 3.28. The van der Waals surface area contributed by atoms with Crippen molar-refractivity contribution in [3.05, 3.63) is 60.2 Å². The van der Waals surface area contributed by atoms with Crippen LogP contribution in [0.3, 0.4) is 0 Å². The Morgan fingerprint density at radius 1 is 1.46 bits per heavy atom. The Bertz CT molecular complexity index is 868. The van der Waals surface area contributed by atoms with Crippen LogP contribution in [0.1, 0.15) is 11.6 Å². The Morgan fingerprint density at radius 2 is 2.38 bits per heavy atom. The molecule has 0 spiro atoms. The molecule has 0 bridgehead atoms. The minimum absolute atomic E-state index is 0.0969. The van der Waals surface area contributed by atoms with Crippen LogP contribution in [0.4, 0.5) is 10.1 Å². The summed E-state index contributed by atoms with van der Waals surface area (Å²) in [4.78, 5) is 0. The highest BCUT2D eigenvalue weighted by atomic mass is 19.1. The molecule has 0 aliphatic heterocycles. The van der Waals surface area contributed by atoms with E-state index >= 15 is 0 Å². The number of aromatic amines is 1. The summed E-state index contributed by atoms with van der Waals surface area (Å²) in [5, 5.41) is 24.9. The summed E-state index contributed by atoms with van der Waals surface area (Å²) < 4.78 is 24.5. The number of nitriles is 1. The lowest BCUT2D eigenvalue weighted by molar-refractivity contribution is 0.259. The van der Waals surface area contributed by atoms with Crippen LogP contribution in [0.5, 0.6) is 5.75 Å². The van der Waals surface area contributed by atoms with Gasteiger partial charge in [-0.25, -0.2) is 4.39 Å². The van der Waals surface area contributed by atoms with Crippen molar-refractivity contribution in [3.63, 3.8) is 0 Å². The first kappa shape index (κ1) is 15.2. The molecule has 9 heteroatoms. The highest BCUT2D eigenvalue weighted by Gasteiger charge is 2.08. The van der Waals surface area contributed by atoms with Crippen molar-refractivity contribution in [3.8, 4) is 11.8 Å². The third-order valence-electron chi connectivity index (χ3n) is 2.97. The number of nitrogens with zero attached hydrogens (tertiary/aromatic N) is 4. The van der Waals surface area contributed by atoms with Crippen molar-refractivity contribution < 1.29 is 13.5 Å². The highest BCUT2D eigenvalue weighted by Crippen LogP contribution is 2.22. The lowest BCUT2D eigenvalue weighted by atomic mass is 10.2. The van der Waals surface area contributed by atoms with Gasteiger partial charge in [-0.3, -0.25) is 0 Å². The predicted octanol–water partition coefficient (Wildman–Crippen LogP) is 2.49. The Morgan fingerprint density at radius 3 is 3.04 bits per heavy atom. The lowest BCUT2D eigenvalue weighted by Gasteiger charge is -2.07. The number of nitrogens with one attached hydrogen (secondary N) is 2. The third-order valence-corrected chi connectivity index (χ3v) is 2.97. The largest absolute Gasteiger partial charge is 0.483 e. The van der Waals surface area contributed by atoms with Gasteiger partial charge >= 0.3 is 0 Å². The molecule has 1 aromatic carbocycles. The summed E-state index contributed by atoms with van der Waals surface area (Å²) in [5.74, 6) is 0.291. The van der Waals surface area contributed by atoms with Crippen molar-refractivity contribution in [2.24, 2.45) is 0 Å². The Kier molecular flexibility index (Phi) is 4.48. The molecule has 120 valence electrons. The molecule has 3 rings (SSSR count). The SMILES string of the molecule is N#CC(=CNc1ccc(OCc2ccco2)c(F)c1)c1nn[nH]n1. The Hall–Kier alpha value is -3.67. The fourth-order valence-electron chi connectivity index (χ4n) is 1.83. The fourth-order valence-corrected chi connectivity index (χ4v) is 1.83. The monoisotopic (exact) mass is 326 g/mol. The number of ether oxygens (including phenoxy) is 1. The first-order valence-corrected chi connectivity index (χ1v) is 6.81. The molecule has 0 saturated carbocycles. The van der Waals surface area contributed by atoms with Crippen molar-refractivity contribution in [1.82, 2.24) is 20.6 Å². The van der Waals surface area contributed by atoms with E-state index in [4.69, 9.17) is 14.4 Å². The van der Waals surface area contributed by atoms with E-state index in [0.29, 0.717) is 11.4 Å². The standard InChI is InChI=1S/C15H11FN6O2/c16-13-6-11(18-8-10(7-17)15-19-21-22-20-15)3-4-14(13)24-9-12-2-1-5-23-12/h1-6,8,18H,9H2,(H,19,20,21,22). The van der Waals surface area contributed by atoms with Gasteiger partial charge in [0, 0.05) is 18.0 Å². The minimum atomic E-state index is -0.543. The normalized spacial score (nSPS) is 11.1. The molecule has 2 N–H and O–H groups in total. The smallest absolute Gasteiger partial charge is 0.216 e. The minimum Gasteiger partial charge on any atom is -0.483 e. The number of tetrazole rings is 1. The van der Waals surface area contributed by atoms with E-state index in [1.54, 1.807) is 18.2 Å². The quantitative estimate of drug-likeness (QED) is 0.669. The molecule has 0 atom stereocenters. The number of benzene rings is 1. The lowest BCUT2D eigenvalue weighted by Crippen LogP contribution is -1.98. The molecule has 2 aromatic heterocycles. The van der Waals surface area contributed by atoms with Gasteiger partial charge in [-0.15, -0.1) is 10.2 Å². The molecule has 0 unspecified atom stereocenters. The topological polar surface area (TPSA) is 113 Å². The second-order valence-electron chi connectivity index (χ2n) is 4.56. The van der Waals surface area contributed by atoms with Crippen LogP contribution in [0.25, 0.3) is 5.57 Å². The Balaban J connectivity index is 1.67. The number of allylic oxidation sites excluding steroid dienone is 1. The van der Waals surface area contributed by atoms with Crippen molar-refractivity contribution in [2.75, 3.05) is 5.32 Å². The number of hydrogen-bond acceptors (Lipinski definition) is 7. The number of rotatable bonds is 6. The summed E-state index contributed by atoms with van der Waals surface area (Å²) in [6.07, 6.45) is 2.88. The van der Waals surface area contributed by atoms with E-state index in [1.165, 1.54) is 24.6 Å². The van der Waals surface area contributed by atoms with Crippen LogP contribution < -0.4 is 10.1 Å². The van der Waals surface area contributed by atoms with Crippen molar-refractivity contribution >= 4 is 11.3 Å². The van der Waals surface area contributed by atoms with Crippen molar-refractivity contribution in [2.45, 2.75) is 6.61 Å². The van der Waals surface area contributed by atoms with Crippen LogP contribution in [-0.4, -0.2) is 20.6 Å². The van der Waals surface area contributed by atoms with E-state index in [-0.39, 0.29) is 23.8 Å². The van der Waals surface area contributed by atoms with E-state index in [9.17, 15) is 4.39 Å². The first-order valence-electron chi connectivity index (χ1n) is 6.81. The number of anilines is 1. The van der Waals surface area contributed by atoms with E-state index in [2.05, 4.69) is 25.9 Å². The number of furan rings is 1. The predicted molar refractivity (Wildman–Crippen MR) is 80.8 cm³/mol. The molecule has 0 amide bonds. The third kappa shape index (κ3) is 3.56. The number of aromatic nitrogens is 4. The summed E-state index contributed by atoms with van der Waals surface area (Å²) in [6.45, 7) is 0.132.